The summed E-state index contributed by atoms with van der Waals surface area (Å²) >= 11 is 6.16. The molecule has 1 aliphatic heterocycles. The van der Waals surface area contributed by atoms with E-state index in [1.165, 1.54) is 44.9 Å². The summed E-state index contributed by atoms with van der Waals surface area (Å²) in [7, 11) is 0. The minimum Gasteiger partial charge on any atom is -0.377 e. The Morgan fingerprint density at radius 2 is 2.00 bits per heavy atom. The summed E-state index contributed by atoms with van der Waals surface area (Å²) < 4.78 is 5.61. The molecule has 2 rings (SSSR count). The highest BCUT2D eigenvalue weighted by molar-refractivity contribution is 6.18. The lowest BCUT2D eigenvalue weighted by atomic mass is 9.75. The Morgan fingerprint density at radius 3 is 2.62 bits per heavy atom. The summed E-state index contributed by atoms with van der Waals surface area (Å²) in [5, 5.41) is 3.58. The van der Waals surface area contributed by atoms with E-state index in [9.17, 15) is 0 Å². The van der Waals surface area contributed by atoms with E-state index in [1.54, 1.807) is 0 Å². The van der Waals surface area contributed by atoms with Crippen molar-refractivity contribution in [2.45, 2.75) is 51.0 Å². The van der Waals surface area contributed by atoms with Crippen LogP contribution in [0.4, 0.5) is 0 Å². The van der Waals surface area contributed by atoms with Gasteiger partial charge >= 0.3 is 0 Å². The summed E-state index contributed by atoms with van der Waals surface area (Å²) in [6, 6.07) is 0. The molecule has 1 saturated carbocycles. The normalized spacial score (nSPS) is 29.4. The summed E-state index contributed by atoms with van der Waals surface area (Å²) in [4.78, 5) is 0. The van der Waals surface area contributed by atoms with Crippen LogP contribution in [0.25, 0.3) is 0 Å². The largest absolute Gasteiger partial charge is 0.377 e. The highest BCUT2D eigenvalue weighted by Crippen LogP contribution is 2.36. The van der Waals surface area contributed by atoms with Crippen molar-refractivity contribution in [3.05, 3.63) is 0 Å². The lowest BCUT2D eigenvalue weighted by Gasteiger charge is -2.36. The number of ether oxygens (including phenoxy) is 1. The van der Waals surface area contributed by atoms with Gasteiger partial charge in [-0.15, -0.1) is 11.6 Å². The minimum absolute atomic E-state index is 0.373. The molecule has 0 spiro atoms. The lowest BCUT2D eigenvalue weighted by Crippen LogP contribution is -2.40. The quantitative estimate of drug-likeness (QED) is 0.752. The molecule has 16 heavy (non-hydrogen) atoms. The topological polar surface area (TPSA) is 21.3 Å². The van der Waals surface area contributed by atoms with Crippen LogP contribution in [0.15, 0.2) is 0 Å². The van der Waals surface area contributed by atoms with E-state index >= 15 is 0 Å². The predicted molar refractivity (Wildman–Crippen MR) is 68.1 cm³/mol. The molecule has 2 aliphatic rings. The van der Waals surface area contributed by atoms with Crippen LogP contribution in [0.3, 0.4) is 0 Å². The zero-order chi connectivity index (χ0) is 11.3. The first kappa shape index (κ1) is 12.7. The van der Waals surface area contributed by atoms with Crippen LogP contribution in [-0.4, -0.2) is 31.7 Å². The third kappa shape index (κ3) is 3.35. The predicted octanol–water partition coefficient (Wildman–Crippen LogP) is 2.94. The minimum atomic E-state index is 0.373. The van der Waals surface area contributed by atoms with Gasteiger partial charge in [0.25, 0.3) is 0 Å². The summed E-state index contributed by atoms with van der Waals surface area (Å²) in [5.41, 5.74) is 0.373. The van der Waals surface area contributed by atoms with Gasteiger partial charge in [0.1, 0.15) is 0 Å². The maximum absolute atomic E-state index is 6.16. The van der Waals surface area contributed by atoms with Crippen molar-refractivity contribution in [3.8, 4) is 0 Å². The smallest absolute Gasteiger partial charge is 0.0700 e. The number of hydrogen-bond donors (Lipinski definition) is 1. The van der Waals surface area contributed by atoms with Crippen LogP contribution in [-0.2, 0) is 4.74 Å². The van der Waals surface area contributed by atoms with E-state index in [-0.39, 0.29) is 0 Å². The van der Waals surface area contributed by atoms with Gasteiger partial charge in [-0.1, -0.05) is 19.3 Å². The molecule has 0 bridgehead atoms. The van der Waals surface area contributed by atoms with Gasteiger partial charge < -0.3 is 10.1 Å². The average Bonchev–Trinajstić information content (AvgIpc) is 2.83. The van der Waals surface area contributed by atoms with Crippen LogP contribution in [0, 0.1) is 5.41 Å². The van der Waals surface area contributed by atoms with E-state index in [1.807, 2.05) is 0 Å². The lowest BCUT2D eigenvalue weighted by molar-refractivity contribution is 0.104. The van der Waals surface area contributed by atoms with Gasteiger partial charge in [-0.05, 0) is 31.1 Å². The number of rotatable bonds is 5. The Kier molecular flexibility index (Phi) is 4.93. The molecule has 2 nitrogen and oxygen atoms in total. The number of halogens is 1. The second-order valence-corrected chi connectivity index (χ2v) is 5.73. The Hall–Kier alpha value is 0.210. The zero-order valence-electron chi connectivity index (χ0n) is 10.1. The maximum atomic E-state index is 6.16. The van der Waals surface area contributed by atoms with Crippen molar-refractivity contribution in [1.82, 2.24) is 5.32 Å². The molecule has 0 radical (unpaired) electrons. The second-order valence-electron chi connectivity index (χ2n) is 5.46. The van der Waals surface area contributed by atoms with E-state index in [2.05, 4.69) is 5.32 Å². The summed E-state index contributed by atoms with van der Waals surface area (Å²) in [6.45, 7) is 3.04. The number of alkyl halides is 1. The van der Waals surface area contributed by atoms with Crippen molar-refractivity contribution < 1.29 is 4.74 Å². The van der Waals surface area contributed by atoms with Crippen molar-refractivity contribution in [1.29, 1.82) is 0 Å². The van der Waals surface area contributed by atoms with Crippen LogP contribution < -0.4 is 5.32 Å². The van der Waals surface area contributed by atoms with Gasteiger partial charge in [-0.25, -0.2) is 0 Å². The standard InChI is InChI=1S/C13H24ClNO/c14-10-13(6-2-1-3-7-13)11-15-9-12-5-4-8-16-12/h12,15H,1-11H2. The van der Waals surface area contributed by atoms with Gasteiger partial charge in [-0.3, -0.25) is 0 Å². The van der Waals surface area contributed by atoms with E-state index < -0.39 is 0 Å². The van der Waals surface area contributed by atoms with Crippen LogP contribution >= 0.6 is 11.6 Å². The molecule has 2 fully saturated rings. The molecule has 1 N–H and O–H groups in total. The van der Waals surface area contributed by atoms with Crippen LogP contribution in [0.1, 0.15) is 44.9 Å². The summed E-state index contributed by atoms with van der Waals surface area (Å²) in [5.74, 6) is 0.811. The first-order valence-corrected chi connectivity index (χ1v) is 7.26. The third-order valence-electron chi connectivity index (χ3n) is 4.09. The molecule has 1 heterocycles. The first-order chi connectivity index (χ1) is 7.85. The maximum Gasteiger partial charge on any atom is 0.0700 e. The Bertz CT molecular complexity index is 198. The van der Waals surface area contributed by atoms with Crippen molar-refractivity contribution >= 4 is 11.6 Å². The van der Waals surface area contributed by atoms with Gasteiger partial charge in [0, 0.05) is 25.6 Å². The van der Waals surface area contributed by atoms with Crippen molar-refractivity contribution in [2.24, 2.45) is 5.41 Å². The zero-order valence-corrected chi connectivity index (χ0v) is 10.9. The Morgan fingerprint density at radius 1 is 1.19 bits per heavy atom. The van der Waals surface area contributed by atoms with Crippen molar-refractivity contribution in [3.63, 3.8) is 0 Å². The Labute approximate surface area is 104 Å². The highest BCUT2D eigenvalue weighted by Gasteiger charge is 2.31. The molecule has 1 atom stereocenters. The number of nitrogens with one attached hydrogen (secondary N) is 1. The average molecular weight is 246 g/mol. The fraction of sp³-hybridized carbons (Fsp3) is 1.00. The molecule has 1 aliphatic carbocycles. The molecule has 0 aromatic rings. The van der Waals surface area contributed by atoms with Crippen LogP contribution in [0.2, 0.25) is 0 Å². The SMILES string of the molecule is ClCC1(CNCC2CCCO2)CCCCC1. The van der Waals surface area contributed by atoms with Crippen LogP contribution in [0.5, 0.6) is 0 Å². The first-order valence-electron chi connectivity index (χ1n) is 6.73. The molecule has 0 amide bonds. The molecule has 0 aromatic heterocycles. The molecule has 1 unspecified atom stereocenters. The van der Waals surface area contributed by atoms with Crippen molar-refractivity contribution in [2.75, 3.05) is 25.6 Å². The second kappa shape index (κ2) is 6.23. The highest BCUT2D eigenvalue weighted by atomic mass is 35.5. The molecule has 1 saturated heterocycles. The fourth-order valence-corrected chi connectivity index (χ4v) is 3.32. The Balaban J connectivity index is 1.69. The van der Waals surface area contributed by atoms with Gasteiger partial charge in [-0.2, -0.15) is 0 Å². The monoisotopic (exact) mass is 245 g/mol. The molecule has 94 valence electrons. The molecule has 3 heteroatoms. The third-order valence-corrected chi connectivity index (χ3v) is 4.66. The number of hydrogen-bond acceptors (Lipinski definition) is 2. The fourth-order valence-electron chi connectivity index (χ4n) is 2.96. The van der Waals surface area contributed by atoms with Gasteiger partial charge in [0.05, 0.1) is 6.10 Å². The van der Waals surface area contributed by atoms with E-state index in [0.717, 1.165) is 25.6 Å². The van der Waals surface area contributed by atoms with E-state index in [0.29, 0.717) is 11.5 Å². The molecule has 0 aromatic carbocycles. The molecular weight excluding hydrogens is 222 g/mol. The molecular formula is C13H24ClNO. The van der Waals surface area contributed by atoms with E-state index in [4.69, 9.17) is 16.3 Å². The van der Waals surface area contributed by atoms with Gasteiger partial charge in [0.15, 0.2) is 0 Å². The van der Waals surface area contributed by atoms with Gasteiger partial charge in [0.2, 0.25) is 0 Å². The summed E-state index contributed by atoms with van der Waals surface area (Å²) in [6.07, 6.45) is 9.61.